The van der Waals surface area contributed by atoms with Crippen molar-refractivity contribution in [3.05, 3.63) is 40.9 Å². The number of aryl methyl sites for hydroxylation is 1. The summed E-state index contributed by atoms with van der Waals surface area (Å²) in [7, 11) is 0. The monoisotopic (exact) mass is 261 g/mol. The van der Waals surface area contributed by atoms with Gasteiger partial charge in [0.25, 0.3) is 5.91 Å². The van der Waals surface area contributed by atoms with E-state index in [0.29, 0.717) is 17.3 Å². The zero-order valence-corrected chi connectivity index (χ0v) is 11.3. The van der Waals surface area contributed by atoms with Crippen molar-refractivity contribution in [1.82, 2.24) is 5.43 Å². The number of carbonyl (C=O) groups is 1. The number of anilines is 1. The molecule has 18 heavy (non-hydrogen) atoms. The van der Waals surface area contributed by atoms with Crippen LogP contribution >= 0.6 is 12.6 Å². The topological polar surface area (TPSA) is 44.7 Å². The number of fused-ring (bicyclic) bond motifs is 1. The lowest BCUT2D eigenvalue weighted by molar-refractivity contribution is -0.112. The van der Waals surface area contributed by atoms with Crippen molar-refractivity contribution in [1.29, 1.82) is 0 Å². The molecule has 0 atom stereocenters. The number of hydrogen-bond acceptors (Lipinski definition) is 4. The first-order chi connectivity index (χ1) is 8.54. The molecule has 4 nitrogen and oxygen atoms in total. The fraction of sp³-hybridized carbons (Fsp3) is 0.231. The van der Waals surface area contributed by atoms with Gasteiger partial charge in [0.05, 0.1) is 10.7 Å². The van der Waals surface area contributed by atoms with Crippen LogP contribution in [0.15, 0.2) is 34.9 Å². The second-order valence-electron chi connectivity index (χ2n) is 4.09. The molecular formula is C13H15N3OS. The number of carbonyl (C=O) groups excluding carboxylic acids is 1. The van der Waals surface area contributed by atoms with Crippen LogP contribution < -0.4 is 10.3 Å². The third-order valence-corrected chi connectivity index (χ3v) is 2.86. The highest BCUT2D eigenvalue weighted by atomic mass is 32.1. The first kappa shape index (κ1) is 12.7. The molecule has 94 valence electrons. The molecular weight excluding hydrogens is 246 g/mol. The van der Waals surface area contributed by atoms with Crippen LogP contribution in [0.2, 0.25) is 0 Å². The van der Waals surface area contributed by atoms with Crippen LogP contribution in [0, 0.1) is 6.92 Å². The molecule has 0 saturated carbocycles. The molecule has 0 bridgehead atoms. The number of likely N-dealkylation sites (N-methyl/N-ethyl adjacent to an activating group) is 1. The molecule has 1 N–H and O–H groups in total. The minimum atomic E-state index is -0.0971. The summed E-state index contributed by atoms with van der Waals surface area (Å²) in [6.07, 6.45) is 0. The zero-order chi connectivity index (χ0) is 13.3. The van der Waals surface area contributed by atoms with Gasteiger partial charge in [-0.05, 0) is 26.0 Å². The average molecular weight is 261 g/mol. The molecule has 2 rings (SSSR count). The quantitative estimate of drug-likeness (QED) is 0.646. The van der Waals surface area contributed by atoms with Gasteiger partial charge in [-0.15, -0.1) is 12.6 Å². The van der Waals surface area contributed by atoms with Crippen molar-refractivity contribution in [2.75, 3.05) is 11.4 Å². The fourth-order valence-electron chi connectivity index (χ4n) is 1.97. The second kappa shape index (κ2) is 4.86. The van der Waals surface area contributed by atoms with E-state index in [1.54, 1.807) is 4.90 Å². The van der Waals surface area contributed by atoms with Gasteiger partial charge in [-0.3, -0.25) is 10.2 Å². The minimum absolute atomic E-state index is 0.0971. The van der Waals surface area contributed by atoms with Crippen LogP contribution in [0.5, 0.6) is 0 Å². The maximum absolute atomic E-state index is 12.2. The maximum atomic E-state index is 12.2. The third kappa shape index (κ3) is 2.13. The summed E-state index contributed by atoms with van der Waals surface area (Å²) < 4.78 is 0. The Hall–Kier alpha value is -1.75. The van der Waals surface area contributed by atoms with E-state index in [0.717, 1.165) is 16.8 Å². The minimum Gasteiger partial charge on any atom is -0.307 e. The Balaban J connectivity index is 2.50. The molecule has 0 aliphatic carbocycles. The van der Waals surface area contributed by atoms with Crippen molar-refractivity contribution < 1.29 is 4.79 Å². The number of benzene rings is 1. The molecule has 0 fully saturated rings. The van der Waals surface area contributed by atoms with Crippen LogP contribution in [0.3, 0.4) is 0 Å². The van der Waals surface area contributed by atoms with E-state index in [2.05, 4.69) is 29.7 Å². The molecule has 0 aromatic heterocycles. The normalized spacial score (nSPS) is 16.1. The Morgan fingerprint density at radius 1 is 1.56 bits per heavy atom. The molecule has 1 aliphatic heterocycles. The molecule has 0 saturated heterocycles. The number of hydrogen-bond donors (Lipinski definition) is 2. The second-order valence-corrected chi connectivity index (χ2v) is 4.63. The molecule has 1 aromatic carbocycles. The highest BCUT2D eigenvalue weighted by Crippen LogP contribution is 2.29. The van der Waals surface area contributed by atoms with E-state index >= 15 is 0 Å². The Morgan fingerprint density at radius 3 is 2.89 bits per heavy atom. The number of thiol groups is 1. The Labute approximate surface area is 112 Å². The lowest BCUT2D eigenvalue weighted by Crippen LogP contribution is -2.30. The van der Waals surface area contributed by atoms with Crippen LogP contribution in [0.1, 0.15) is 18.1 Å². The van der Waals surface area contributed by atoms with Gasteiger partial charge in [0.1, 0.15) is 0 Å². The fourth-order valence-corrected chi connectivity index (χ4v) is 2.02. The number of rotatable bonds is 3. The Bertz CT molecular complexity index is 551. The van der Waals surface area contributed by atoms with Crippen LogP contribution in [-0.2, 0) is 4.79 Å². The third-order valence-electron chi connectivity index (χ3n) is 2.76. The van der Waals surface area contributed by atoms with Crippen molar-refractivity contribution in [3.8, 4) is 0 Å². The van der Waals surface area contributed by atoms with Gasteiger partial charge in [-0.1, -0.05) is 18.2 Å². The average Bonchev–Trinajstić information content (AvgIpc) is 2.57. The smallest absolute Gasteiger partial charge is 0.279 e. The van der Waals surface area contributed by atoms with Gasteiger partial charge < -0.3 is 4.90 Å². The van der Waals surface area contributed by atoms with Crippen LogP contribution in [0.25, 0.3) is 0 Å². The predicted molar refractivity (Wildman–Crippen MR) is 77.0 cm³/mol. The summed E-state index contributed by atoms with van der Waals surface area (Å²) in [5.74, 6) is -0.0971. The predicted octanol–water partition coefficient (Wildman–Crippen LogP) is 2.06. The van der Waals surface area contributed by atoms with Crippen molar-refractivity contribution in [2.24, 2.45) is 5.10 Å². The lowest BCUT2D eigenvalue weighted by Gasteiger charge is -2.13. The maximum Gasteiger partial charge on any atom is 0.279 e. The SMILES string of the molecule is C=C(S)N/N=C1\C(=O)N(CC)c2ccc(C)cc21. The summed E-state index contributed by atoms with van der Waals surface area (Å²) in [6.45, 7) is 8.12. The van der Waals surface area contributed by atoms with Crippen molar-refractivity contribution in [3.63, 3.8) is 0 Å². The highest BCUT2D eigenvalue weighted by Gasteiger charge is 2.33. The molecule has 1 aliphatic rings. The molecule has 1 aromatic rings. The van der Waals surface area contributed by atoms with Crippen molar-refractivity contribution >= 4 is 29.9 Å². The molecule has 5 heteroatoms. The van der Waals surface area contributed by atoms with E-state index in [1.807, 2.05) is 32.0 Å². The Morgan fingerprint density at radius 2 is 2.28 bits per heavy atom. The molecule has 1 amide bonds. The first-order valence-corrected chi connectivity index (χ1v) is 6.13. The number of nitrogens with zero attached hydrogens (tertiary/aromatic N) is 2. The summed E-state index contributed by atoms with van der Waals surface area (Å²) in [5.41, 5.74) is 5.89. The largest absolute Gasteiger partial charge is 0.307 e. The van der Waals surface area contributed by atoms with Gasteiger partial charge in [0.15, 0.2) is 5.71 Å². The van der Waals surface area contributed by atoms with E-state index in [4.69, 9.17) is 0 Å². The molecule has 0 spiro atoms. The standard InChI is InChI=1S/C13H15N3OS/c1-4-16-11-6-5-8(2)7-10(11)12(13(16)17)15-14-9(3)18/h5-7,14,18H,3-4H2,1-2H3/b15-12-. The van der Waals surface area contributed by atoms with Gasteiger partial charge in [-0.2, -0.15) is 5.10 Å². The Kier molecular flexibility index (Phi) is 3.43. The van der Waals surface area contributed by atoms with E-state index < -0.39 is 0 Å². The number of nitrogens with one attached hydrogen (secondary N) is 1. The molecule has 1 heterocycles. The zero-order valence-electron chi connectivity index (χ0n) is 10.4. The molecule has 0 radical (unpaired) electrons. The van der Waals surface area contributed by atoms with Gasteiger partial charge in [0, 0.05) is 12.1 Å². The lowest BCUT2D eigenvalue weighted by atomic mass is 10.1. The molecule has 0 unspecified atom stereocenters. The summed E-state index contributed by atoms with van der Waals surface area (Å²) in [6, 6.07) is 5.90. The number of hydrazone groups is 1. The van der Waals surface area contributed by atoms with E-state index in [9.17, 15) is 4.79 Å². The number of amides is 1. The summed E-state index contributed by atoms with van der Waals surface area (Å²) in [5, 5.41) is 4.49. The summed E-state index contributed by atoms with van der Waals surface area (Å²) >= 11 is 4.00. The van der Waals surface area contributed by atoms with E-state index in [-0.39, 0.29) is 5.91 Å². The van der Waals surface area contributed by atoms with Crippen molar-refractivity contribution in [2.45, 2.75) is 13.8 Å². The van der Waals surface area contributed by atoms with Gasteiger partial charge in [-0.25, -0.2) is 0 Å². The summed E-state index contributed by atoms with van der Waals surface area (Å²) in [4.78, 5) is 13.9. The van der Waals surface area contributed by atoms with Crippen LogP contribution in [-0.4, -0.2) is 18.2 Å². The van der Waals surface area contributed by atoms with E-state index in [1.165, 1.54) is 0 Å². The van der Waals surface area contributed by atoms with Crippen LogP contribution in [0.4, 0.5) is 5.69 Å². The van der Waals surface area contributed by atoms with Gasteiger partial charge in [0.2, 0.25) is 0 Å². The highest BCUT2D eigenvalue weighted by molar-refractivity contribution is 7.84. The first-order valence-electron chi connectivity index (χ1n) is 5.69. The van der Waals surface area contributed by atoms with Gasteiger partial charge >= 0.3 is 0 Å².